The van der Waals surface area contributed by atoms with Crippen LogP contribution in [0, 0.1) is 5.92 Å². The van der Waals surface area contributed by atoms with E-state index >= 15 is 0 Å². The van der Waals surface area contributed by atoms with Crippen molar-refractivity contribution < 1.29 is 0 Å². The van der Waals surface area contributed by atoms with Gasteiger partial charge in [-0.25, -0.2) is 0 Å². The first-order chi connectivity index (χ1) is 8.31. The molecule has 110 valence electrons. The van der Waals surface area contributed by atoms with E-state index in [0.717, 1.165) is 12.5 Å². The Hall–Kier alpha value is -0.350. The topological polar surface area (TPSA) is 28.2 Å². The fourth-order valence-corrected chi connectivity index (χ4v) is 2.67. The molecular formula is C14H25Cl2N3. The van der Waals surface area contributed by atoms with Gasteiger partial charge in [-0.2, -0.15) is 0 Å². The van der Waals surface area contributed by atoms with Crippen molar-refractivity contribution in [2.75, 3.05) is 26.7 Å². The lowest BCUT2D eigenvalue weighted by Crippen LogP contribution is -2.38. The van der Waals surface area contributed by atoms with Crippen molar-refractivity contribution in [1.82, 2.24) is 15.2 Å². The van der Waals surface area contributed by atoms with Crippen LogP contribution in [0.5, 0.6) is 0 Å². The molecule has 2 heterocycles. The van der Waals surface area contributed by atoms with E-state index in [-0.39, 0.29) is 24.8 Å². The molecule has 1 saturated heterocycles. The van der Waals surface area contributed by atoms with Gasteiger partial charge in [0.05, 0.1) is 0 Å². The average Bonchev–Trinajstić information content (AvgIpc) is 2.40. The van der Waals surface area contributed by atoms with Crippen LogP contribution in [0.2, 0.25) is 0 Å². The highest BCUT2D eigenvalue weighted by atomic mass is 35.5. The number of hydrogen-bond acceptors (Lipinski definition) is 3. The molecule has 0 aromatic carbocycles. The standard InChI is InChI=1S/C14H23N3.2ClH/c1-12(14-4-3-7-16-11-14)17-8-5-13(6-9-17)10-15-2;;/h3-4,7,11-13,15H,5-6,8-10H2,1-2H3;2*1H. The molecular weight excluding hydrogens is 281 g/mol. The van der Waals surface area contributed by atoms with Crippen LogP contribution in [0.4, 0.5) is 0 Å². The first-order valence-electron chi connectivity index (χ1n) is 6.60. The molecule has 1 unspecified atom stereocenters. The molecule has 0 saturated carbocycles. The zero-order valence-electron chi connectivity index (χ0n) is 11.7. The van der Waals surface area contributed by atoms with Gasteiger partial charge in [-0.05, 0) is 64.0 Å². The summed E-state index contributed by atoms with van der Waals surface area (Å²) in [6.45, 7) is 5.87. The number of likely N-dealkylation sites (tertiary alicyclic amines) is 1. The van der Waals surface area contributed by atoms with Gasteiger partial charge in [-0.3, -0.25) is 9.88 Å². The Morgan fingerprint density at radius 2 is 2.05 bits per heavy atom. The Labute approximate surface area is 129 Å². The Kier molecular flexibility index (Phi) is 9.36. The fraction of sp³-hybridized carbons (Fsp3) is 0.643. The number of nitrogens with one attached hydrogen (secondary N) is 1. The minimum absolute atomic E-state index is 0. The summed E-state index contributed by atoms with van der Waals surface area (Å²) < 4.78 is 0. The molecule has 1 aliphatic heterocycles. The van der Waals surface area contributed by atoms with Crippen LogP contribution in [0.25, 0.3) is 0 Å². The second-order valence-corrected chi connectivity index (χ2v) is 5.00. The van der Waals surface area contributed by atoms with Gasteiger partial charge in [0.15, 0.2) is 0 Å². The zero-order valence-corrected chi connectivity index (χ0v) is 13.3. The number of halogens is 2. The zero-order chi connectivity index (χ0) is 12.1. The summed E-state index contributed by atoms with van der Waals surface area (Å²) in [4.78, 5) is 6.78. The molecule has 0 aliphatic carbocycles. The highest BCUT2D eigenvalue weighted by Gasteiger charge is 2.22. The van der Waals surface area contributed by atoms with Crippen molar-refractivity contribution in [1.29, 1.82) is 0 Å². The Balaban J connectivity index is 0.00000162. The van der Waals surface area contributed by atoms with E-state index in [1.807, 2.05) is 25.5 Å². The third kappa shape index (κ3) is 5.27. The van der Waals surface area contributed by atoms with Gasteiger partial charge in [-0.15, -0.1) is 24.8 Å². The minimum atomic E-state index is 0. The SMILES string of the molecule is CNCC1CCN(C(C)c2cccnc2)CC1.Cl.Cl. The summed E-state index contributed by atoms with van der Waals surface area (Å²) in [5, 5.41) is 3.28. The highest BCUT2D eigenvalue weighted by molar-refractivity contribution is 5.85. The molecule has 5 heteroatoms. The van der Waals surface area contributed by atoms with Crippen LogP contribution < -0.4 is 5.32 Å². The molecule has 1 aliphatic rings. The maximum atomic E-state index is 4.21. The highest BCUT2D eigenvalue weighted by Crippen LogP contribution is 2.25. The van der Waals surface area contributed by atoms with Crippen LogP contribution in [-0.2, 0) is 0 Å². The van der Waals surface area contributed by atoms with E-state index in [4.69, 9.17) is 0 Å². The Bertz CT molecular complexity index is 327. The second kappa shape index (κ2) is 9.54. The summed E-state index contributed by atoms with van der Waals surface area (Å²) in [6.07, 6.45) is 6.45. The monoisotopic (exact) mass is 305 g/mol. The number of piperidine rings is 1. The molecule has 0 amide bonds. The summed E-state index contributed by atoms with van der Waals surface area (Å²) in [5.74, 6) is 0.859. The fourth-order valence-electron chi connectivity index (χ4n) is 2.67. The lowest BCUT2D eigenvalue weighted by atomic mass is 9.95. The molecule has 1 aromatic rings. The Morgan fingerprint density at radius 3 is 2.58 bits per heavy atom. The van der Waals surface area contributed by atoms with Gasteiger partial charge in [-0.1, -0.05) is 6.07 Å². The van der Waals surface area contributed by atoms with Gasteiger partial charge in [0, 0.05) is 18.4 Å². The van der Waals surface area contributed by atoms with E-state index in [1.54, 1.807) is 0 Å². The van der Waals surface area contributed by atoms with E-state index in [0.29, 0.717) is 6.04 Å². The summed E-state index contributed by atoms with van der Waals surface area (Å²) in [6, 6.07) is 4.70. The van der Waals surface area contributed by atoms with Gasteiger partial charge in [0.1, 0.15) is 0 Å². The van der Waals surface area contributed by atoms with E-state index < -0.39 is 0 Å². The quantitative estimate of drug-likeness (QED) is 0.927. The van der Waals surface area contributed by atoms with Crippen molar-refractivity contribution in [3.8, 4) is 0 Å². The molecule has 1 N–H and O–H groups in total. The maximum Gasteiger partial charge on any atom is 0.0335 e. The summed E-state index contributed by atoms with van der Waals surface area (Å²) in [7, 11) is 2.05. The molecule has 1 atom stereocenters. The molecule has 1 fully saturated rings. The van der Waals surface area contributed by atoms with Crippen molar-refractivity contribution in [3.63, 3.8) is 0 Å². The minimum Gasteiger partial charge on any atom is -0.319 e. The molecule has 2 rings (SSSR count). The number of aromatic nitrogens is 1. The van der Waals surface area contributed by atoms with Crippen LogP contribution in [0.15, 0.2) is 24.5 Å². The molecule has 0 radical (unpaired) electrons. The number of rotatable bonds is 4. The van der Waals surface area contributed by atoms with Gasteiger partial charge < -0.3 is 5.32 Å². The van der Waals surface area contributed by atoms with Crippen molar-refractivity contribution in [3.05, 3.63) is 30.1 Å². The lowest BCUT2D eigenvalue weighted by molar-refractivity contribution is 0.141. The number of nitrogens with zero attached hydrogens (tertiary/aromatic N) is 2. The number of pyridine rings is 1. The second-order valence-electron chi connectivity index (χ2n) is 5.00. The van der Waals surface area contributed by atoms with E-state index in [9.17, 15) is 0 Å². The molecule has 1 aromatic heterocycles. The molecule has 19 heavy (non-hydrogen) atoms. The van der Waals surface area contributed by atoms with E-state index in [2.05, 4.69) is 28.2 Å². The van der Waals surface area contributed by atoms with Gasteiger partial charge >= 0.3 is 0 Å². The van der Waals surface area contributed by atoms with Crippen LogP contribution in [-0.4, -0.2) is 36.6 Å². The van der Waals surface area contributed by atoms with Crippen LogP contribution in [0.1, 0.15) is 31.4 Å². The third-order valence-electron chi connectivity index (χ3n) is 3.86. The Morgan fingerprint density at radius 1 is 1.37 bits per heavy atom. The smallest absolute Gasteiger partial charge is 0.0335 e. The van der Waals surface area contributed by atoms with Crippen LogP contribution >= 0.6 is 24.8 Å². The normalized spacial score (nSPS) is 18.2. The average molecular weight is 306 g/mol. The summed E-state index contributed by atoms with van der Waals surface area (Å²) >= 11 is 0. The predicted octanol–water partition coefficient (Wildman–Crippen LogP) is 2.92. The number of hydrogen-bond donors (Lipinski definition) is 1. The predicted molar refractivity (Wildman–Crippen MR) is 85.4 cm³/mol. The largest absolute Gasteiger partial charge is 0.319 e. The van der Waals surface area contributed by atoms with Crippen molar-refractivity contribution >= 4 is 24.8 Å². The van der Waals surface area contributed by atoms with Crippen molar-refractivity contribution in [2.24, 2.45) is 5.92 Å². The van der Waals surface area contributed by atoms with Gasteiger partial charge in [0.25, 0.3) is 0 Å². The summed E-state index contributed by atoms with van der Waals surface area (Å²) in [5.41, 5.74) is 1.33. The van der Waals surface area contributed by atoms with Crippen molar-refractivity contribution in [2.45, 2.75) is 25.8 Å². The van der Waals surface area contributed by atoms with Gasteiger partial charge in [0.2, 0.25) is 0 Å². The first-order valence-corrected chi connectivity index (χ1v) is 6.60. The molecule has 0 bridgehead atoms. The molecule has 3 nitrogen and oxygen atoms in total. The van der Waals surface area contributed by atoms with Crippen LogP contribution in [0.3, 0.4) is 0 Å². The first kappa shape index (κ1) is 18.7. The maximum absolute atomic E-state index is 4.21. The van der Waals surface area contributed by atoms with E-state index in [1.165, 1.54) is 31.5 Å². The lowest BCUT2D eigenvalue weighted by Gasteiger charge is -2.36. The third-order valence-corrected chi connectivity index (χ3v) is 3.86. The molecule has 0 spiro atoms.